The Hall–Kier alpha value is -1.19. The summed E-state index contributed by atoms with van der Waals surface area (Å²) in [5.74, 6) is 0. The van der Waals surface area contributed by atoms with Crippen LogP contribution in [0.1, 0.15) is 0 Å². The topological polar surface area (TPSA) is 18.5 Å². The Kier molecular flexibility index (Phi) is 2.12. The molecule has 0 unspecified atom stereocenters. The van der Waals surface area contributed by atoms with Crippen LogP contribution >= 0.6 is 11.6 Å². The van der Waals surface area contributed by atoms with Crippen LogP contribution in [0, 0.1) is 6.20 Å². The zero-order valence-corrected chi connectivity index (χ0v) is 7.92. The Morgan fingerprint density at radius 3 is 2.92 bits per heavy atom. The molecule has 1 aromatic carbocycles. The average Bonchev–Trinajstić information content (AvgIpc) is 2.52. The first-order chi connectivity index (χ1) is 6.25. The van der Waals surface area contributed by atoms with Gasteiger partial charge >= 0.3 is 0 Å². The number of hydrogen-bond donors (Lipinski definition) is 1. The van der Waals surface area contributed by atoms with Crippen molar-refractivity contribution in [2.24, 2.45) is 0 Å². The van der Waals surface area contributed by atoms with E-state index in [9.17, 15) is 0 Å². The summed E-state index contributed by atoms with van der Waals surface area (Å²) in [6.07, 6.45) is 4.82. The van der Waals surface area contributed by atoms with Crippen molar-refractivity contribution < 1.29 is 0 Å². The van der Waals surface area contributed by atoms with Crippen LogP contribution < -0.4 is 10.5 Å². The number of benzene rings is 1. The van der Waals surface area contributed by atoms with E-state index in [4.69, 9.17) is 11.6 Å². The highest BCUT2D eigenvalue weighted by Gasteiger charge is 2.10. The number of halogens is 1. The quantitative estimate of drug-likeness (QED) is 0.736. The summed E-state index contributed by atoms with van der Waals surface area (Å²) in [7, 11) is 1.90. The van der Waals surface area contributed by atoms with E-state index >= 15 is 0 Å². The lowest BCUT2D eigenvalue weighted by molar-refractivity contribution is 0.358. The van der Waals surface area contributed by atoms with Gasteiger partial charge < -0.3 is 0 Å². The molecule has 13 heavy (non-hydrogen) atoms. The molecule has 0 spiro atoms. The highest BCUT2D eigenvalue weighted by molar-refractivity contribution is 6.30. The fourth-order valence-corrected chi connectivity index (χ4v) is 1.29. The summed E-state index contributed by atoms with van der Waals surface area (Å²) < 4.78 is 0. The van der Waals surface area contributed by atoms with E-state index in [1.165, 1.54) is 0 Å². The van der Waals surface area contributed by atoms with Gasteiger partial charge in [0.2, 0.25) is 0 Å². The van der Waals surface area contributed by atoms with Gasteiger partial charge in [-0.15, -0.1) is 5.53 Å². The van der Waals surface area contributed by atoms with Crippen molar-refractivity contribution in [2.45, 2.75) is 0 Å². The standard InChI is InChI=1S/C9H9ClN3/c1-12-5-6-13(11-12)9-4-2-3-8(10)7-9/h2-5,7,11H,1H3. The largest absolute Gasteiger partial charge is 0.299 e. The second-order valence-corrected chi connectivity index (χ2v) is 3.22. The van der Waals surface area contributed by atoms with E-state index in [2.05, 4.69) is 11.7 Å². The molecule has 1 heterocycles. The summed E-state index contributed by atoms with van der Waals surface area (Å²) in [6.45, 7) is 0. The summed E-state index contributed by atoms with van der Waals surface area (Å²) in [6, 6.07) is 7.57. The van der Waals surface area contributed by atoms with Gasteiger partial charge in [0.1, 0.15) is 6.20 Å². The van der Waals surface area contributed by atoms with Crippen molar-refractivity contribution >= 4 is 17.3 Å². The molecular weight excluding hydrogens is 186 g/mol. The zero-order chi connectivity index (χ0) is 9.26. The lowest BCUT2D eigenvalue weighted by Crippen LogP contribution is -2.36. The second kappa shape index (κ2) is 3.28. The molecule has 0 saturated carbocycles. The van der Waals surface area contributed by atoms with Crippen molar-refractivity contribution in [3.8, 4) is 0 Å². The van der Waals surface area contributed by atoms with Crippen LogP contribution in [0.5, 0.6) is 0 Å². The molecule has 67 valence electrons. The number of nitrogens with one attached hydrogen (secondary N) is 1. The summed E-state index contributed by atoms with van der Waals surface area (Å²) in [4.78, 5) is 0. The Morgan fingerprint density at radius 2 is 2.31 bits per heavy atom. The fraction of sp³-hybridized carbons (Fsp3) is 0.111. The maximum atomic E-state index is 5.85. The van der Waals surface area contributed by atoms with Gasteiger partial charge in [-0.1, -0.05) is 17.7 Å². The van der Waals surface area contributed by atoms with Crippen LogP contribution in [-0.2, 0) is 0 Å². The van der Waals surface area contributed by atoms with E-state index in [0.717, 1.165) is 10.7 Å². The maximum Gasteiger partial charge on any atom is 0.104 e. The Morgan fingerprint density at radius 1 is 1.46 bits per heavy atom. The van der Waals surface area contributed by atoms with Gasteiger partial charge in [0.25, 0.3) is 0 Å². The van der Waals surface area contributed by atoms with Crippen LogP contribution in [0.2, 0.25) is 5.02 Å². The molecule has 0 aromatic heterocycles. The Bertz CT molecular complexity index is 337. The molecule has 1 aliphatic rings. The van der Waals surface area contributed by atoms with E-state index in [1.807, 2.05) is 31.3 Å². The number of anilines is 1. The van der Waals surface area contributed by atoms with Gasteiger partial charge in [0, 0.05) is 18.3 Å². The molecule has 0 atom stereocenters. The van der Waals surface area contributed by atoms with Crippen molar-refractivity contribution in [1.82, 2.24) is 10.5 Å². The predicted octanol–water partition coefficient (Wildman–Crippen LogP) is 1.79. The van der Waals surface area contributed by atoms with Crippen LogP contribution in [0.3, 0.4) is 0 Å². The van der Waals surface area contributed by atoms with Gasteiger partial charge in [-0.3, -0.25) is 10.0 Å². The maximum absolute atomic E-state index is 5.85. The zero-order valence-electron chi connectivity index (χ0n) is 7.16. The van der Waals surface area contributed by atoms with Crippen molar-refractivity contribution in [2.75, 3.05) is 12.1 Å². The van der Waals surface area contributed by atoms with E-state index < -0.39 is 0 Å². The van der Waals surface area contributed by atoms with Crippen molar-refractivity contribution in [1.29, 1.82) is 0 Å². The van der Waals surface area contributed by atoms with Crippen LogP contribution in [0.25, 0.3) is 0 Å². The summed E-state index contributed by atoms with van der Waals surface area (Å²) in [5.41, 5.74) is 4.00. The molecule has 3 nitrogen and oxygen atoms in total. The molecule has 0 fully saturated rings. The molecule has 0 aliphatic carbocycles. The molecule has 1 aromatic rings. The third kappa shape index (κ3) is 1.76. The molecule has 0 saturated heterocycles. The second-order valence-electron chi connectivity index (χ2n) is 2.78. The lowest BCUT2D eigenvalue weighted by atomic mass is 10.3. The van der Waals surface area contributed by atoms with Crippen LogP contribution in [-0.4, -0.2) is 12.1 Å². The highest BCUT2D eigenvalue weighted by Crippen LogP contribution is 2.19. The third-order valence-electron chi connectivity index (χ3n) is 1.70. The molecule has 1 aliphatic heterocycles. The van der Waals surface area contributed by atoms with Gasteiger partial charge in [-0.05, 0) is 18.2 Å². The third-order valence-corrected chi connectivity index (χ3v) is 1.94. The fourth-order valence-electron chi connectivity index (χ4n) is 1.11. The summed E-state index contributed by atoms with van der Waals surface area (Å²) >= 11 is 5.85. The van der Waals surface area contributed by atoms with E-state index in [1.54, 1.807) is 16.2 Å². The molecular formula is C9H9ClN3. The molecule has 2 rings (SSSR count). The molecule has 0 bridgehead atoms. The average molecular weight is 195 g/mol. The minimum atomic E-state index is 0.718. The van der Waals surface area contributed by atoms with Gasteiger partial charge in [0.15, 0.2) is 0 Å². The molecule has 1 N–H and O–H groups in total. The first kappa shape index (κ1) is 8.41. The number of nitrogens with zero attached hydrogens (tertiary/aromatic N) is 2. The number of hydrazine groups is 2. The normalized spacial score (nSPS) is 15.5. The van der Waals surface area contributed by atoms with Gasteiger partial charge in [0.05, 0.1) is 5.69 Å². The smallest absolute Gasteiger partial charge is 0.104 e. The monoisotopic (exact) mass is 194 g/mol. The van der Waals surface area contributed by atoms with Gasteiger partial charge in [-0.2, -0.15) is 0 Å². The van der Waals surface area contributed by atoms with E-state index in [-0.39, 0.29) is 0 Å². The Balaban J connectivity index is 2.22. The van der Waals surface area contributed by atoms with Crippen LogP contribution in [0.4, 0.5) is 5.69 Å². The van der Waals surface area contributed by atoms with Crippen LogP contribution in [0.15, 0.2) is 30.5 Å². The lowest BCUT2D eigenvalue weighted by Gasteiger charge is -2.18. The highest BCUT2D eigenvalue weighted by atomic mass is 35.5. The van der Waals surface area contributed by atoms with Crippen molar-refractivity contribution in [3.05, 3.63) is 41.7 Å². The van der Waals surface area contributed by atoms with E-state index in [0.29, 0.717) is 0 Å². The van der Waals surface area contributed by atoms with Gasteiger partial charge in [-0.25, -0.2) is 0 Å². The SMILES string of the molecule is CN1C=[C]N(c2cccc(Cl)c2)N1. The number of hydrogen-bond acceptors (Lipinski definition) is 3. The first-order valence-corrected chi connectivity index (χ1v) is 4.28. The molecule has 1 radical (unpaired) electrons. The number of rotatable bonds is 1. The predicted molar refractivity (Wildman–Crippen MR) is 52.6 cm³/mol. The Labute approximate surface area is 82.1 Å². The summed E-state index contributed by atoms with van der Waals surface area (Å²) in [5, 5.41) is 4.29. The minimum absolute atomic E-state index is 0.718. The molecule has 0 amide bonds. The molecule has 4 heteroatoms. The minimum Gasteiger partial charge on any atom is -0.299 e. The first-order valence-electron chi connectivity index (χ1n) is 3.90. The van der Waals surface area contributed by atoms with Crippen molar-refractivity contribution in [3.63, 3.8) is 0 Å².